The van der Waals surface area contributed by atoms with Gasteiger partial charge in [-0.1, -0.05) is 30.3 Å². The summed E-state index contributed by atoms with van der Waals surface area (Å²) in [6.07, 6.45) is 2.56. The monoisotopic (exact) mass is 485 g/mol. The van der Waals surface area contributed by atoms with E-state index in [1.807, 2.05) is 22.8 Å². The molecule has 0 amide bonds. The fourth-order valence-electron chi connectivity index (χ4n) is 3.25. The molecule has 1 aromatic carbocycles. The Morgan fingerprint density at radius 3 is 2.38 bits per heavy atom. The Bertz CT molecular complexity index is 1130. The molecule has 34 heavy (non-hydrogen) atoms. The van der Waals surface area contributed by atoms with Gasteiger partial charge in [0.05, 0.1) is 19.5 Å². The molecule has 0 radical (unpaired) electrons. The first-order chi connectivity index (χ1) is 16.3. The van der Waals surface area contributed by atoms with Crippen LogP contribution in [-0.4, -0.2) is 56.2 Å². The van der Waals surface area contributed by atoms with E-state index in [2.05, 4.69) is 15.0 Å². The lowest BCUT2D eigenvalue weighted by Gasteiger charge is -2.17. The van der Waals surface area contributed by atoms with Gasteiger partial charge in [-0.3, -0.25) is 14.4 Å². The molecule has 2 aromatic heterocycles. The second kappa shape index (κ2) is 12.1. The summed E-state index contributed by atoms with van der Waals surface area (Å²) in [6, 6.07) is 9.14. The number of benzene rings is 1. The van der Waals surface area contributed by atoms with Crippen LogP contribution in [-0.2, 0) is 25.6 Å². The highest BCUT2D eigenvalue weighted by Gasteiger charge is 2.17. The van der Waals surface area contributed by atoms with Crippen molar-refractivity contribution in [3.8, 4) is 0 Å². The third-order valence-corrected chi connectivity index (χ3v) is 5.91. The van der Waals surface area contributed by atoms with Gasteiger partial charge >= 0.3 is 11.9 Å². The number of anilines is 1. The number of carbonyl (C=O) groups is 3. The lowest BCUT2D eigenvalue weighted by molar-refractivity contribution is -0.146. The van der Waals surface area contributed by atoms with Gasteiger partial charge in [0.1, 0.15) is 10.5 Å². The average molecular weight is 486 g/mol. The molecule has 0 aliphatic rings. The van der Waals surface area contributed by atoms with Gasteiger partial charge in [0.25, 0.3) is 0 Å². The molecule has 2 N–H and O–H groups in total. The minimum atomic E-state index is -0.395. The molecule has 11 heteroatoms. The van der Waals surface area contributed by atoms with Crippen LogP contribution in [0.15, 0.2) is 41.7 Å². The first-order valence-corrected chi connectivity index (χ1v) is 11.8. The highest BCUT2D eigenvalue weighted by molar-refractivity contribution is 7.99. The largest absolute Gasteiger partial charge is 0.465 e. The molecule has 0 aliphatic carbocycles. The van der Waals surface area contributed by atoms with E-state index in [9.17, 15) is 14.4 Å². The number of rotatable bonds is 12. The molecule has 0 unspecified atom stereocenters. The number of fused-ring (bicyclic) bond motifs is 1. The number of nitrogens with zero attached hydrogens (tertiary/aromatic N) is 4. The summed E-state index contributed by atoms with van der Waals surface area (Å²) in [4.78, 5) is 47.8. The van der Waals surface area contributed by atoms with Gasteiger partial charge in [0.15, 0.2) is 11.4 Å². The Kier molecular flexibility index (Phi) is 8.97. The summed E-state index contributed by atoms with van der Waals surface area (Å²) in [5, 5.41) is 0.636. The third kappa shape index (κ3) is 7.27. The van der Waals surface area contributed by atoms with Crippen LogP contribution >= 0.6 is 11.8 Å². The summed E-state index contributed by atoms with van der Waals surface area (Å²) in [5.74, 6) is -0.288. The van der Waals surface area contributed by atoms with Crippen molar-refractivity contribution in [3.63, 3.8) is 0 Å². The van der Waals surface area contributed by atoms with Crippen LogP contribution in [0.4, 0.5) is 5.95 Å². The van der Waals surface area contributed by atoms with Crippen molar-refractivity contribution in [1.29, 1.82) is 0 Å². The zero-order valence-corrected chi connectivity index (χ0v) is 19.9. The van der Waals surface area contributed by atoms with E-state index >= 15 is 0 Å². The number of ketones is 1. The minimum Gasteiger partial charge on any atom is -0.465 e. The molecule has 3 rings (SSSR count). The predicted octanol–water partition coefficient (Wildman–Crippen LogP) is 2.91. The highest BCUT2D eigenvalue weighted by atomic mass is 32.2. The van der Waals surface area contributed by atoms with Crippen molar-refractivity contribution >= 4 is 46.6 Å². The zero-order valence-electron chi connectivity index (χ0n) is 19.1. The number of ether oxygens (including phenoxy) is 2. The lowest BCUT2D eigenvalue weighted by atomic mass is 10.1. The number of aryl methyl sites for hydroxylation is 1. The number of aromatic nitrogens is 4. The van der Waals surface area contributed by atoms with E-state index in [0.717, 1.165) is 0 Å². The number of hydrogen-bond donors (Lipinski definition) is 1. The first kappa shape index (κ1) is 25.2. The molecular formula is C23H27N5O5S. The van der Waals surface area contributed by atoms with Crippen molar-refractivity contribution in [1.82, 2.24) is 19.5 Å². The Morgan fingerprint density at radius 1 is 1.06 bits per heavy atom. The summed E-state index contributed by atoms with van der Waals surface area (Å²) < 4.78 is 12.1. The van der Waals surface area contributed by atoms with Gasteiger partial charge in [-0.2, -0.15) is 4.98 Å². The molecule has 0 saturated heterocycles. The molecule has 10 nitrogen and oxygen atoms in total. The number of nitrogens with two attached hydrogens (primary N) is 1. The van der Waals surface area contributed by atoms with Crippen molar-refractivity contribution in [2.45, 2.75) is 38.3 Å². The molecule has 0 atom stereocenters. The quantitative estimate of drug-likeness (QED) is 0.176. The fourth-order valence-corrected chi connectivity index (χ4v) is 4.23. The maximum absolute atomic E-state index is 12.4. The second-order valence-corrected chi connectivity index (χ2v) is 8.73. The van der Waals surface area contributed by atoms with E-state index in [0.29, 0.717) is 46.9 Å². The SMILES string of the molecule is CC(=O)OCC(CCn1cnc2nc(N)nc(SCCC(=O)c3ccccc3)c21)COC(C)=O. The molecule has 180 valence electrons. The molecule has 0 saturated carbocycles. The maximum Gasteiger partial charge on any atom is 0.302 e. The van der Waals surface area contributed by atoms with Crippen LogP contribution in [0.1, 0.15) is 37.0 Å². The summed E-state index contributed by atoms with van der Waals surface area (Å²) in [6.45, 7) is 3.46. The molecule has 0 fully saturated rings. The van der Waals surface area contributed by atoms with Gasteiger partial charge in [-0.25, -0.2) is 9.97 Å². The van der Waals surface area contributed by atoms with Crippen LogP contribution in [0.3, 0.4) is 0 Å². The number of carbonyl (C=O) groups excluding carboxylic acids is 3. The van der Waals surface area contributed by atoms with E-state index in [4.69, 9.17) is 15.2 Å². The van der Waals surface area contributed by atoms with E-state index in [1.54, 1.807) is 18.5 Å². The maximum atomic E-state index is 12.4. The highest BCUT2D eigenvalue weighted by Crippen LogP contribution is 2.27. The van der Waals surface area contributed by atoms with Crippen molar-refractivity contribution < 1.29 is 23.9 Å². The van der Waals surface area contributed by atoms with Gasteiger partial charge in [0, 0.05) is 44.0 Å². The van der Waals surface area contributed by atoms with Crippen LogP contribution < -0.4 is 5.73 Å². The summed E-state index contributed by atoms with van der Waals surface area (Å²) in [5.41, 5.74) is 7.71. The summed E-state index contributed by atoms with van der Waals surface area (Å²) in [7, 11) is 0. The number of hydrogen-bond acceptors (Lipinski definition) is 10. The van der Waals surface area contributed by atoms with Crippen LogP contribution in [0, 0.1) is 5.92 Å². The molecule has 0 aliphatic heterocycles. The van der Waals surface area contributed by atoms with Crippen molar-refractivity contribution in [3.05, 3.63) is 42.2 Å². The number of esters is 2. The molecule has 2 heterocycles. The number of Topliss-reactive ketones (excluding diaryl/α,β-unsaturated/α-hetero) is 1. The molecule has 0 bridgehead atoms. The van der Waals surface area contributed by atoms with Gasteiger partial charge in [-0.15, -0.1) is 11.8 Å². The number of nitrogen functional groups attached to an aromatic ring is 1. The number of thioether (sulfide) groups is 1. The Hall–Kier alpha value is -3.47. The Balaban J connectivity index is 1.70. The normalized spacial score (nSPS) is 11.0. The Labute approximate surface area is 201 Å². The van der Waals surface area contributed by atoms with Crippen LogP contribution in [0.25, 0.3) is 11.2 Å². The minimum absolute atomic E-state index is 0.0543. The molecule has 0 spiro atoms. The lowest BCUT2D eigenvalue weighted by Crippen LogP contribution is -2.21. The summed E-state index contributed by atoms with van der Waals surface area (Å²) >= 11 is 1.42. The topological polar surface area (TPSA) is 139 Å². The van der Waals surface area contributed by atoms with Crippen molar-refractivity contribution in [2.24, 2.45) is 5.92 Å². The zero-order chi connectivity index (χ0) is 24.5. The van der Waals surface area contributed by atoms with Gasteiger partial charge < -0.3 is 19.8 Å². The molecule has 3 aromatic rings. The van der Waals surface area contributed by atoms with Crippen molar-refractivity contribution in [2.75, 3.05) is 24.7 Å². The van der Waals surface area contributed by atoms with E-state index in [1.165, 1.54) is 25.6 Å². The first-order valence-electron chi connectivity index (χ1n) is 10.8. The number of imidazole rings is 1. The van der Waals surface area contributed by atoms with Gasteiger partial charge in [-0.05, 0) is 6.42 Å². The van der Waals surface area contributed by atoms with Crippen LogP contribution in [0.5, 0.6) is 0 Å². The Morgan fingerprint density at radius 2 is 1.74 bits per heavy atom. The predicted molar refractivity (Wildman–Crippen MR) is 127 cm³/mol. The smallest absolute Gasteiger partial charge is 0.302 e. The van der Waals surface area contributed by atoms with Gasteiger partial charge in [0.2, 0.25) is 5.95 Å². The second-order valence-electron chi connectivity index (χ2n) is 7.64. The third-order valence-electron chi connectivity index (χ3n) is 4.94. The van der Waals surface area contributed by atoms with E-state index in [-0.39, 0.29) is 30.9 Å². The van der Waals surface area contributed by atoms with Crippen LogP contribution in [0.2, 0.25) is 0 Å². The standard InChI is InChI=1S/C23H27N5O5S/c1-15(29)32-12-17(13-33-16(2)30)8-10-28-14-25-21-20(28)22(27-23(24)26-21)34-11-9-19(31)18-6-4-3-5-7-18/h3-7,14,17H,8-13H2,1-2H3,(H2,24,26,27). The van der Waals surface area contributed by atoms with E-state index < -0.39 is 11.9 Å². The average Bonchev–Trinajstić information content (AvgIpc) is 3.21. The fraction of sp³-hybridized carbons (Fsp3) is 0.391. The molecular weight excluding hydrogens is 458 g/mol.